The van der Waals surface area contributed by atoms with Crippen LogP contribution in [0.4, 0.5) is 5.69 Å². The van der Waals surface area contributed by atoms with Crippen molar-refractivity contribution < 1.29 is 32.2 Å². The average molecular weight is 498 g/mol. The SMILES string of the molecule is C=C(C)C(=O)OCCCCOC(=O)/C(=C/C=C1\Oc2ccccc2N1C)S(=O)(=O)c1ccccc1. The number of ether oxygens (including phenoxy) is 3. The Labute approximate surface area is 205 Å². The van der Waals surface area contributed by atoms with E-state index in [0.717, 1.165) is 5.69 Å². The number of nitrogens with zero attached hydrogens (tertiary/aromatic N) is 1. The molecule has 0 saturated heterocycles. The fourth-order valence-corrected chi connectivity index (χ4v) is 4.43. The Bertz CT molecular complexity index is 1260. The largest absolute Gasteiger partial charge is 0.462 e. The van der Waals surface area contributed by atoms with E-state index in [1.807, 2.05) is 18.2 Å². The highest BCUT2D eigenvalue weighted by molar-refractivity contribution is 7.96. The van der Waals surface area contributed by atoms with E-state index in [0.29, 0.717) is 30.0 Å². The molecule has 35 heavy (non-hydrogen) atoms. The predicted molar refractivity (Wildman–Crippen MR) is 131 cm³/mol. The van der Waals surface area contributed by atoms with Crippen molar-refractivity contribution in [3.8, 4) is 5.75 Å². The third-order valence-corrected chi connectivity index (χ3v) is 6.82. The number of benzene rings is 2. The Balaban J connectivity index is 1.75. The Morgan fingerprint density at radius 2 is 1.57 bits per heavy atom. The quantitative estimate of drug-likeness (QED) is 0.274. The summed E-state index contributed by atoms with van der Waals surface area (Å²) in [5, 5.41) is 0. The summed E-state index contributed by atoms with van der Waals surface area (Å²) >= 11 is 0. The molecule has 2 aromatic rings. The van der Waals surface area contributed by atoms with E-state index in [1.165, 1.54) is 24.3 Å². The first-order valence-corrected chi connectivity index (χ1v) is 12.4. The van der Waals surface area contributed by atoms with Gasteiger partial charge in [-0.1, -0.05) is 36.9 Å². The number of hydrogen-bond donors (Lipinski definition) is 0. The molecule has 1 aliphatic heterocycles. The lowest BCUT2D eigenvalue weighted by Gasteiger charge is -2.11. The Morgan fingerprint density at radius 3 is 2.20 bits per heavy atom. The molecular formula is C26H27NO7S. The molecule has 2 aromatic carbocycles. The number of hydrogen-bond acceptors (Lipinski definition) is 8. The lowest BCUT2D eigenvalue weighted by Crippen LogP contribution is -2.18. The van der Waals surface area contributed by atoms with Gasteiger partial charge in [-0.15, -0.1) is 0 Å². The molecule has 0 atom stereocenters. The minimum atomic E-state index is -4.16. The van der Waals surface area contributed by atoms with E-state index < -0.39 is 26.7 Å². The van der Waals surface area contributed by atoms with Gasteiger partial charge < -0.3 is 19.1 Å². The zero-order valence-electron chi connectivity index (χ0n) is 19.6. The fourth-order valence-electron chi connectivity index (χ4n) is 3.14. The molecule has 0 amide bonds. The maximum absolute atomic E-state index is 13.2. The third kappa shape index (κ3) is 6.39. The zero-order valence-corrected chi connectivity index (χ0v) is 20.4. The van der Waals surface area contributed by atoms with Crippen molar-refractivity contribution in [2.45, 2.75) is 24.7 Å². The van der Waals surface area contributed by atoms with Gasteiger partial charge >= 0.3 is 11.9 Å². The van der Waals surface area contributed by atoms with Crippen LogP contribution < -0.4 is 9.64 Å². The van der Waals surface area contributed by atoms with Gasteiger partial charge in [0.15, 0.2) is 16.5 Å². The second-order valence-electron chi connectivity index (χ2n) is 7.74. The van der Waals surface area contributed by atoms with Crippen LogP contribution in [0.25, 0.3) is 0 Å². The third-order valence-electron chi connectivity index (χ3n) is 5.05. The molecule has 9 heteroatoms. The van der Waals surface area contributed by atoms with E-state index in [2.05, 4.69) is 6.58 Å². The van der Waals surface area contributed by atoms with Gasteiger partial charge in [0.25, 0.3) is 0 Å². The molecule has 184 valence electrons. The molecule has 0 aliphatic carbocycles. The Kier molecular flexibility index (Phi) is 8.48. The number of carbonyl (C=O) groups excluding carboxylic acids is 2. The summed E-state index contributed by atoms with van der Waals surface area (Å²) in [6, 6.07) is 15.0. The van der Waals surface area contributed by atoms with Crippen molar-refractivity contribution in [2.24, 2.45) is 0 Å². The number of anilines is 1. The summed E-state index contributed by atoms with van der Waals surface area (Å²) in [6.07, 6.45) is 3.44. The van der Waals surface area contributed by atoms with Gasteiger partial charge in [0, 0.05) is 18.7 Å². The van der Waals surface area contributed by atoms with Crippen LogP contribution >= 0.6 is 0 Å². The molecule has 3 rings (SSSR count). The molecule has 0 spiro atoms. The van der Waals surface area contributed by atoms with Gasteiger partial charge in [-0.2, -0.15) is 0 Å². The molecular weight excluding hydrogens is 470 g/mol. The van der Waals surface area contributed by atoms with Crippen LogP contribution in [0.15, 0.2) is 94.6 Å². The summed E-state index contributed by atoms with van der Waals surface area (Å²) in [6.45, 7) is 5.15. The van der Waals surface area contributed by atoms with Gasteiger partial charge in [0.1, 0.15) is 0 Å². The Morgan fingerprint density at radius 1 is 0.971 bits per heavy atom. The van der Waals surface area contributed by atoms with Gasteiger partial charge in [-0.05, 0) is 50.1 Å². The van der Waals surface area contributed by atoms with E-state index in [1.54, 1.807) is 43.1 Å². The van der Waals surface area contributed by atoms with Gasteiger partial charge in [0.2, 0.25) is 9.84 Å². The van der Waals surface area contributed by atoms with Crippen LogP contribution in [0.3, 0.4) is 0 Å². The van der Waals surface area contributed by atoms with Crippen molar-refractivity contribution in [1.29, 1.82) is 0 Å². The molecule has 0 N–H and O–H groups in total. The standard InChI is InChI=1S/C26H27NO7S/c1-19(2)25(28)32-17-9-10-18-33-26(29)23(35(30,31)20-11-5-4-6-12-20)15-16-24-27(3)21-13-7-8-14-22(21)34-24/h4-8,11-16H,1,9-10,17-18H2,2-3H3/b23-15-,24-16-. The van der Waals surface area contributed by atoms with Crippen LogP contribution in [-0.4, -0.2) is 40.6 Å². The molecule has 0 bridgehead atoms. The van der Waals surface area contributed by atoms with Gasteiger partial charge in [-0.3, -0.25) is 0 Å². The van der Waals surface area contributed by atoms with E-state index in [9.17, 15) is 18.0 Å². The summed E-state index contributed by atoms with van der Waals surface area (Å²) in [5.74, 6) is -0.491. The molecule has 8 nitrogen and oxygen atoms in total. The molecule has 0 aromatic heterocycles. The number of unbranched alkanes of at least 4 members (excludes halogenated alkanes) is 1. The first-order valence-electron chi connectivity index (χ1n) is 10.9. The number of sulfone groups is 1. The van der Waals surface area contributed by atoms with E-state index in [4.69, 9.17) is 14.2 Å². The highest BCUT2D eigenvalue weighted by atomic mass is 32.2. The number of fused-ring (bicyclic) bond motifs is 1. The molecule has 0 saturated carbocycles. The normalized spacial score (nSPS) is 14.3. The van der Waals surface area contributed by atoms with Crippen LogP contribution in [-0.2, 0) is 28.9 Å². The predicted octanol–water partition coefficient (Wildman–Crippen LogP) is 4.16. The maximum atomic E-state index is 13.2. The highest BCUT2D eigenvalue weighted by Crippen LogP contribution is 2.37. The lowest BCUT2D eigenvalue weighted by molar-refractivity contribution is -0.141. The molecule has 0 fully saturated rings. The van der Waals surface area contributed by atoms with E-state index >= 15 is 0 Å². The van der Waals surface area contributed by atoms with Crippen LogP contribution in [0.1, 0.15) is 19.8 Å². The van der Waals surface area contributed by atoms with Crippen LogP contribution in [0.5, 0.6) is 5.75 Å². The molecule has 1 heterocycles. The van der Waals surface area contributed by atoms with Crippen LogP contribution in [0.2, 0.25) is 0 Å². The topological polar surface area (TPSA) is 99.2 Å². The number of rotatable bonds is 10. The lowest BCUT2D eigenvalue weighted by atomic mass is 10.3. The van der Waals surface area contributed by atoms with Crippen molar-refractivity contribution in [3.05, 3.63) is 89.7 Å². The minimum Gasteiger partial charge on any atom is -0.462 e. The van der Waals surface area contributed by atoms with E-state index in [-0.39, 0.29) is 18.1 Å². The number of allylic oxidation sites excluding steroid dienone is 2. The first-order chi connectivity index (χ1) is 16.7. The summed E-state index contributed by atoms with van der Waals surface area (Å²) < 4.78 is 42.5. The highest BCUT2D eigenvalue weighted by Gasteiger charge is 2.29. The second-order valence-corrected chi connectivity index (χ2v) is 9.66. The number of esters is 2. The molecule has 0 radical (unpaired) electrons. The maximum Gasteiger partial charge on any atom is 0.350 e. The minimum absolute atomic E-state index is 0.0303. The summed E-state index contributed by atoms with van der Waals surface area (Å²) in [5.41, 5.74) is 1.11. The monoisotopic (exact) mass is 497 g/mol. The number of carbonyl (C=O) groups is 2. The Hall–Kier alpha value is -3.85. The van der Waals surface area contributed by atoms with Gasteiger partial charge in [0.05, 0.1) is 23.8 Å². The zero-order chi connectivity index (χ0) is 25.4. The summed E-state index contributed by atoms with van der Waals surface area (Å²) in [4.78, 5) is 25.4. The average Bonchev–Trinajstić information content (AvgIpc) is 3.17. The molecule has 0 unspecified atom stereocenters. The van der Waals surface area contributed by atoms with Crippen molar-refractivity contribution in [2.75, 3.05) is 25.2 Å². The van der Waals surface area contributed by atoms with Crippen molar-refractivity contribution in [3.63, 3.8) is 0 Å². The second kappa shape index (κ2) is 11.5. The number of para-hydroxylation sites is 2. The van der Waals surface area contributed by atoms with Gasteiger partial charge in [-0.25, -0.2) is 18.0 Å². The van der Waals surface area contributed by atoms with Crippen LogP contribution in [0, 0.1) is 0 Å². The van der Waals surface area contributed by atoms with Crippen molar-refractivity contribution in [1.82, 2.24) is 0 Å². The molecule has 1 aliphatic rings. The first kappa shape index (κ1) is 25.8. The smallest absolute Gasteiger partial charge is 0.350 e. The fraction of sp³-hybridized carbons (Fsp3) is 0.231. The summed E-state index contributed by atoms with van der Waals surface area (Å²) in [7, 11) is -2.38. The van der Waals surface area contributed by atoms with Crippen molar-refractivity contribution >= 4 is 27.5 Å².